The Kier molecular flexibility index (Phi) is 9.42. The second-order valence-corrected chi connectivity index (χ2v) is 8.99. The zero-order chi connectivity index (χ0) is 21.9. The predicted octanol–water partition coefficient (Wildman–Crippen LogP) is 4.28. The number of benzene rings is 1. The lowest BCUT2D eigenvalue weighted by atomic mass is 10.2. The number of aliphatic imine (C=N–C) groups is 1. The zero-order valence-electron chi connectivity index (χ0n) is 18.8. The van der Waals surface area contributed by atoms with Gasteiger partial charge in [-0.25, -0.2) is 4.98 Å². The molecule has 0 spiro atoms. The highest BCUT2D eigenvalue weighted by Gasteiger charge is 2.11. The summed E-state index contributed by atoms with van der Waals surface area (Å²) >= 11 is 1.68. The first kappa shape index (κ1) is 23.3. The summed E-state index contributed by atoms with van der Waals surface area (Å²) in [4.78, 5) is 9.26. The Morgan fingerprint density at radius 2 is 2.10 bits per heavy atom. The smallest absolute Gasteiger partial charge is 0.195 e. The number of aromatic nitrogens is 1. The van der Waals surface area contributed by atoms with E-state index >= 15 is 0 Å². The average Bonchev–Trinajstić information content (AvgIpc) is 3.01. The number of nitrogens with one attached hydrogen (secondary N) is 2. The van der Waals surface area contributed by atoms with Crippen molar-refractivity contribution >= 4 is 23.0 Å². The van der Waals surface area contributed by atoms with Crippen LogP contribution < -0.4 is 20.1 Å². The third-order valence-corrected chi connectivity index (χ3v) is 5.34. The standard InChI is InChI=1S/C23H34N4O3S/c1-17(2)15-28-11-4-9-24-23(25-10-8-20-16-31-18(3)26-20)27-19-6-7-21-22(14-19)30-13-5-12-29-21/h6-7,14,16-17H,4-5,8-13,15H2,1-3H3,(H2,24,25,27). The minimum Gasteiger partial charge on any atom is -0.490 e. The van der Waals surface area contributed by atoms with Crippen molar-refractivity contribution in [2.24, 2.45) is 10.9 Å². The van der Waals surface area contributed by atoms with Gasteiger partial charge in [-0.05, 0) is 31.4 Å². The van der Waals surface area contributed by atoms with Crippen molar-refractivity contribution in [3.8, 4) is 11.5 Å². The Labute approximate surface area is 189 Å². The number of nitrogens with zero attached hydrogens (tertiary/aromatic N) is 2. The van der Waals surface area contributed by atoms with Crippen molar-refractivity contribution in [3.05, 3.63) is 34.3 Å². The summed E-state index contributed by atoms with van der Waals surface area (Å²) < 4.78 is 17.2. The van der Waals surface area contributed by atoms with Crippen LogP contribution in [0.3, 0.4) is 0 Å². The highest BCUT2D eigenvalue weighted by atomic mass is 32.1. The molecule has 0 atom stereocenters. The maximum atomic E-state index is 5.81. The Bertz CT molecular complexity index is 838. The summed E-state index contributed by atoms with van der Waals surface area (Å²) in [6.07, 6.45) is 2.62. The fourth-order valence-electron chi connectivity index (χ4n) is 3.03. The van der Waals surface area contributed by atoms with Crippen molar-refractivity contribution in [2.45, 2.75) is 40.0 Å². The van der Waals surface area contributed by atoms with Crippen molar-refractivity contribution in [1.29, 1.82) is 0 Å². The molecule has 0 amide bonds. The monoisotopic (exact) mass is 446 g/mol. The van der Waals surface area contributed by atoms with Gasteiger partial charge in [0.2, 0.25) is 0 Å². The van der Waals surface area contributed by atoms with Gasteiger partial charge in [-0.3, -0.25) is 4.99 Å². The Balaban J connectivity index is 1.57. The first-order valence-electron chi connectivity index (χ1n) is 11.0. The van der Waals surface area contributed by atoms with Crippen LogP contribution in [-0.2, 0) is 11.2 Å². The molecule has 2 N–H and O–H groups in total. The molecule has 31 heavy (non-hydrogen) atoms. The summed E-state index contributed by atoms with van der Waals surface area (Å²) in [6, 6.07) is 5.89. The quantitative estimate of drug-likeness (QED) is 0.322. The van der Waals surface area contributed by atoms with Gasteiger partial charge >= 0.3 is 0 Å². The maximum Gasteiger partial charge on any atom is 0.195 e. The third-order valence-electron chi connectivity index (χ3n) is 4.52. The van der Waals surface area contributed by atoms with E-state index in [4.69, 9.17) is 19.2 Å². The fourth-order valence-corrected chi connectivity index (χ4v) is 3.67. The predicted molar refractivity (Wildman–Crippen MR) is 127 cm³/mol. The second kappa shape index (κ2) is 12.5. The molecule has 1 aliphatic heterocycles. The molecule has 0 bridgehead atoms. The molecular weight excluding hydrogens is 412 g/mol. The Morgan fingerprint density at radius 3 is 2.87 bits per heavy atom. The van der Waals surface area contributed by atoms with Gasteiger partial charge in [0.05, 0.1) is 23.9 Å². The summed E-state index contributed by atoms with van der Waals surface area (Å²) in [6.45, 7) is 10.6. The highest BCUT2D eigenvalue weighted by molar-refractivity contribution is 7.09. The van der Waals surface area contributed by atoms with Crippen molar-refractivity contribution < 1.29 is 14.2 Å². The molecule has 1 aromatic heterocycles. The molecule has 0 radical (unpaired) electrons. The number of fused-ring (bicyclic) bond motifs is 1. The van der Waals surface area contributed by atoms with Crippen molar-refractivity contribution in [2.75, 3.05) is 44.8 Å². The first-order chi connectivity index (χ1) is 15.1. The van der Waals surface area contributed by atoms with Gasteiger partial charge in [0, 0.05) is 56.3 Å². The van der Waals surface area contributed by atoms with E-state index in [0.29, 0.717) is 25.7 Å². The molecule has 0 unspecified atom stereocenters. The van der Waals surface area contributed by atoms with Gasteiger partial charge in [-0.2, -0.15) is 0 Å². The summed E-state index contributed by atoms with van der Waals surface area (Å²) in [5, 5.41) is 10.0. The van der Waals surface area contributed by atoms with Crippen LogP contribution >= 0.6 is 11.3 Å². The van der Waals surface area contributed by atoms with E-state index < -0.39 is 0 Å². The number of rotatable bonds is 10. The average molecular weight is 447 g/mol. The molecule has 2 aromatic rings. The maximum absolute atomic E-state index is 5.81. The van der Waals surface area contributed by atoms with Gasteiger partial charge < -0.3 is 24.8 Å². The van der Waals surface area contributed by atoms with Gasteiger partial charge in [-0.15, -0.1) is 11.3 Å². The number of hydrogen-bond donors (Lipinski definition) is 2. The van der Waals surface area contributed by atoms with Gasteiger partial charge in [0.15, 0.2) is 17.5 Å². The topological polar surface area (TPSA) is 77.0 Å². The molecule has 3 rings (SSSR count). The largest absolute Gasteiger partial charge is 0.490 e. The van der Waals surface area contributed by atoms with E-state index in [9.17, 15) is 0 Å². The molecule has 0 saturated carbocycles. The van der Waals surface area contributed by atoms with Crippen molar-refractivity contribution in [1.82, 2.24) is 10.3 Å². The summed E-state index contributed by atoms with van der Waals surface area (Å²) in [7, 11) is 0. The van der Waals surface area contributed by atoms with Crippen LogP contribution in [0, 0.1) is 12.8 Å². The Morgan fingerprint density at radius 1 is 1.26 bits per heavy atom. The number of anilines is 1. The normalized spacial score (nSPS) is 13.9. The fraction of sp³-hybridized carbons (Fsp3) is 0.565. The van der Waals surface area contributed by atoms with E-state index in [2.05, 4.69) is 34.8 Å². The van der Waals surface area contributed by atoms with Crippen LogP contribution in [0.15, 0.2) is 28.6 Å². The van der Waals surface area contributed by atoms with Crippen LogP contribution in [0.25, 0.3) is 0 Å². The number of guanidine groups is 1. The summed E-state index contributed by atoms with van der Waals surface area (Å²) in [5.41, 5.74) is 2.02. The molecule has 0 fully saturated rings. The van der Waals surface area contributed by atoms with Crippen molar-refractivity contribution in [3.63, 3.8) is 0 Å². The van der Waals surface area contributed by atoms with E-state index in [0.717, 1.165) is 72.9 Å². The number of thiazole rings is 1. The molecule has 7 nitrogen and oxygen atoms in total. The van der Waals surface area contributed by atoms with Crippen LogP contribution in [0.5, 0.6) is 11.5 Å². The van der Waals surface area contributed by atoms with E-state index in [1.807, 2.05) is 25.1 Å². The molecule has 0 aliphatic carbocycles. The molecule has 1 aromatic carbocycles. The zero-order valence-corrected chi connectivity index (χ0v) is 19.6. The molecule has 1 aliphatic rings. The van der Waals surface area contributed by atoms with Gasteiger partial charge in [0.25, 0.3) is 0 Å². The molecule has 0 saturated heterocycles. The van der Waals surface area contributed by atoms with E-state index in [-0.39, 0.29) is 0 Å². The third kappa shape index (κ3) is 8.38. The minimum atomic E-state index is 0.552. The highest BCUT2D eigenvalue weighted by Crippen LogP contribution is 2.32. The summed E-state index contributed by atoms with van der Waals surface area (Å²) in [5.74, 6) is 2.85. The lowest BCUT2D eigenvalue weighted by molar-refractivity contribution is 0.109. The van der Waals surface area contributed by atoms with Crippen LogP contribution in [-0.4, -0.2) is 50.5 Å². The second-order valence-electron chi connectivity index (χ2n) is 7.92. The lowest BCUT2D eigenvalue weighted by Gasteiger charge is -2.14. The SMILES string of the molecule is Cc1nc(CCNC(=NCCCOCC(C)C)Nc2ccc3c(c2)OCCCO3)cs1. The van der Waals surface area contributed by atoms with Crippen LogP contribution in [0.2, 0.25) is 0 Å². The lowest BCUT2D eigenvalue weighted by Crippen LogP contribution is -2.32. The minimum absolute atomic E-state index is 0.552. The number of hydrogen-bond acceptors (Lipinski definition) is 6. The Hall–Kier alpha value is -2.32. The number of aryl methyl sites for hydroxylation is 1. The van der Waals surface area contributed by atoms with E-state index in [1.165, 1.54) is 0 Å². The van der Waals surface area contributed by atoms with E-state index in [1.54, 1.807) is 11.3 Å². The molecule has 2 heterocycles. The molecule has 170 valence electrons. The van der Waals surface area contributed by atoms with Gasteiger partial charge in [0.1, 0.15) is 0 Å². The molecule has 8 heteroatoms. The van der Waals surface area contributed by atoms with Gasteiger partial charge in [-0.1, -0.05) is 13.8 Å². The first-order valence-corrected chi connectivity index (χ1v) is 11.9. The van der Waals surface area contributed by atoms with Crippen LogP contribution in [0.1, 0.15) is 37.4 Å². The molecular formula is C23H34N4O3S. The van der Waals surface area contributed by atoms with Crippen LogP contribution in [0.4, 0.5) is 5.69 Å². The number of ether oxygens (including phenoxy) is 3.